The summed E-state index contributed by atoms with van der Waals surface area (Å²) >= 11 is 1.35. The first-order chi connectivity index (χ1) is 8.56. The molecule has 1 aromatic heterocycles. The van der Waals surface area contributed by atoms with Gasteiger partial charge in [0.15, 0.2) is 0 Å². The van der Waals surface area contributed by atoms with Crippen LogP contribution in [0.1, 0.15) is 5.56 Å². The van der Waals surface area contributed by atoms with Crippen LogP contribution >= 0.6 is 11.8 Å². The van der Waals surface area contributed by atoms with Crippen LogP contribution in [0, 0.1) is 5.41 Å². The van der Waals surface area contributed by atoms with E-state index in [0.717, 1.165) is 10.9 Å². The molecule has 18 heavy (non-hydrogen) atoms. The van der Waals surface area contributed by atoms with E-state index in [1.54, 1.807) is 11.6 Å². The maximum Gasteiger partial charge on any atom is 0.213 e. The highest BCUT2D eigenvalue weighted by Crippen LogP contribution is 2.32. The molecule has 0 aliphatic rings. The summed E-state index contributed by atoms with van der Waals surface area (Å²) in [6.45, 7) is 0. The minimum atomic E-state index is -0.272. The summed E-state index contributed by atoms with van der Waals surface area (Å²) in [5.41, 5.74) is 6.83. The molecule has 0 saturated carbocycles. The lowest BCUT2D eigenvalue weighted by atomic mass is 10.2. The second-order valence-corrected chi connectivity index (χ2v) is 4.58. The second kappa shape index (κ2) is 4.73. The number of hydrogen-bond donors (Lipinski definition) is 3. The molecule has 0 fully saturated rings. The Balaban J connectivity index is 2.78. The summed E-state index contributed by atoms with van der Waals surface area (Å²) in [6, 6.07) is 7.64. The largest absolute Gasteiger partial charge is 0.494 e. The van der Waals surface area contributed by atoms with Crippen LogP contribution in [0.2, 0.25) is 0 Å². The quantitative estimate of drug-likeness (QED) is 0.541. The number of nitrogens with two attached hydrogens (primary N) is 1. The van der Waals surface area contributed by atoms with Crippen molar-refractivity contribution in [3.8, 4) is 5.88 Å². The summed E-state index contributed by atoms with van der Waals surface area (Å²) in [7, 11) is 1.78. The highest BCUT2D eigenvalue weighted by atomic mass is 32.2. The molecule has 1 aromatic carbocycles. The van der Waals surface area contributed by atoms with Gasteiger partial charge in [0.1, 0.15) is 5.04 Å². The molecule has 0 atom stereocenters. The first-order valence-electron chi connectivity index (χ1n) is 5.29. The lowest BCUT2D eigenvalue weighted by Gasteiger charge is -2.02. The number of guanidine groups is 1. The van der Waals surface area contributed by atoms with Gasteiger partial charge < -0.3 is 15.4 Å². The van der Waals surface area contributed by atoms with Gasteiger partial charge in [-0.25, -0.2) is 4.99 Å². The van der Waals surface area contributed by atoms with Crippen LogP contribution in [0.5, 0.6) is 5.88 Å². The minimum absolute atomic E-state index is 0.130. The molecule has 0 amide bonds. The fraction of sp³-hybridized carbons (Fsp3) is 0.167. The van der Waals surface area contributed by atoms with Crippen molar-refractivity contribution in [3.63, 3.8) is 0 Å². The maximum absolute atomic E-state index is 10.2. The normalized spacial score (nSPS) is 12.0. The van der Waals surface area contributed by atoms with Gasteiger partial charge in [-0.3, -0.25) is 5.41 Å². The molecule has 0 saturated heterocycles. The van der Waals surface area contributed by atoms with Gasteiger partial charge in [0, 0.05) is 12.4 Å². The summed E-state index contributed by atoms with van der Waals surface area (Å²) in [5.74, 6) is -0.141. The monoisotopic (exact) mass is 262 g/mol. The topological polar surface area (TPSA) is 87.4 Å². The van der Waals surface area contributed by atoms with E-state index in [1.165, 1.54) is 11.8 Å². The number of nitrogens with one attached hydrogen (secondary N) is 1. The number of aliphatic imine (C=N–C) groups is 1. The first-order valence-corrected chi connectivity index (χ1v) is 6.52. The smallest absolute Gasteiger partial charge is 0.213 e. The average molecular weight is 262 g/mol. The number of nitrogens with zero attached hydrogens (tertiary/aromatic N) is 2. The zero-order chi connectivity index (χ0) is 13.3. The average Bonchev–Trinajstić information content (AvgIpc) is 2.60. The Hall–Kier alpha value is -1.95. The Morgan fingerprint density at radius 1 is 1.44 bits per heavy atom. The molecule has 2 rings (SSSR count). The molecule has 2 aromatic rings. The zero-order valence-corrected chi connectivity index (χ0v) is 11.0. The molecular formula is C12H14N4OS. The molecule has 1 heterocycles. The van der Waals surface area contributed by atoms with Gasteiger partial charge in [-0.2, -0.15) is 0 Å². The summed E-state index contributed by atoms with van der Waals surface area (Å²) in [5, 5.41) is 18.9. The molecule has 5 nitrogen and oxygen atoms in total. The van der Waals surface area contributed by atoms with E-state index < -0.39 is 0 Å². The van der Waals surface area contributed by atoms with E-state index in [2.05, 4.69) is 4.99 Å². The predicted octanol–water partition coefficient (Wildman–Crippen LogP) is 1.89. The van der Waals surface area contributed by atoms with Gasteiger partial charge in [-0.1, -0.05) is 18.2 Å². The van der Waals surface area contributed by atoms with E-state index in [9.17, 15) is 5.11 Å². The lowest BCUT2D eigenvalue weighted by molar-refractivity contribution is 0.434. The van der Waals surface area contributed by atoms with Crippen LogP contribution in [-0.4, -0.2) is 26.9 Å². The zero-order valence-electron chi connectivity index (χ0n) is 10.1. The molecule has 0 aliphatic carbocycles. The lowest BCUT2D eigenvalue weighted by Crippen LogP contribution is -2.09. The first kappa shape index (κ1) is 12.5. The third kappa shape index (κ3) is 1.95. The molecule has 0 unspecified atom stereocenters. The van der Waals surface area contributed by atoms with Crippen molar-refractivity contribution in [2.24, 2.45) is 17.8 Å². The Morgan fingerprint density at radius 2 is 2.11 bits per heavy atom. The second-order valence-electron chi connectivity index (χ2n) is 3.78. The number of para-hydroxylation sites is 1. The third-order valence-electron chi connectivity index (χ3n) is 2.71. The van der Waals surface area contributed by atoms with E-state index in [-0.39, 0.29) is 11.8 Å². The molecule has 94 valence electrons. The molecule has 0 spiro atoms. The van der Waals surface area contributed by atoms with Crippen molar-refractivity contribution >= 4 is 33.7 Å². The molecule has 6 heteroatoms. The predicted molar refractivity (Wildman–Crippen MR) is 76.5 cm³/mol. The molecule has 0 aliphatic heterocycles. The van der Waals surface area contributed by atoms with Crippen molar-refractivity contribution in [1.82, 2.24) is 4.57 Å². The van der Waals surface area contributed by atoms with Crippen molar-refractivity contribution < 1.29 is 5.11 Å². The highest BCUT2D eigenvalue weighted by molar-refractivity contribution is 8.13. The Morgan fingerprint density at radius 3 is 2.72 bits per heavy atom. The van der Waals surface area contributed by atoms with Crippen molar-refractivity contribution in [2.45, 2.75) is 0 Å². The van der Waals surface area contributed by atoms with Crippen molar-refractivity contribution in [1.29, 1.82) is 5.41 Å². The van der Waals surface area contributed by atoms with E-state index in [0.29, 0.717) is 10.6 Å². The van der Waals surface area contributed by atoms with Crippen LogP contribution < -0.4 is 5.73 Å². The Labute approximate surface area is 109 Å². The minimum Gasteiger partial charge on any atom is -0.494 e. The van der Waals surface area contributed by atoms with Crippen LogP contribution in [0.15, 0.2) is 29.3 Å². The number of aromatic hydroxyl groups is 1. The van der Waals surface area contributed by atoms with E-state index in [4.69, 9.17) is 11.1 Å². The molecule has 4 N–H and O–H groups in total. The number of thioether (sulfide) groups is 1. The SMILES string of the molecule is CS/C(=N\C(=N)N)c1c(O)n(C)c2ccccc12. The molecule has 0 bridgehead atoms. The van der Waals surface area contributed by atoms with E-state index >= 15 is 0 Å². The van der Waals surface area contributed by atoms with Crippen LogP contribution in [-0.2, 0) is 7.05 Å². The Bertz CT molecular complexity index is 645. The standard InChI is InChI=1S/C12H14N4OS/c1-16-8-6-4-3-5-7(8)9(11(16)17)10(18-2)15-12(13)14/h3-6,17H,1-2H3,(H3,13,14)/b15-10-. The summed E-state index contributed by atoms with van der Waals surface area (Å²) < 4.78 is 1.69. The van der Waals surface area contributed by atoms with Gasteiger partial charge in [0.25, 0.3) is 0 Å². The molecule has 0 radical (unpaired) electrons. The summed E-state index contributed by atoms with van der Waals surface area (Å²) in [4.78, 5) is 3.96. The van der Waals surface area contributed by atoms with Gasteiger partial charge in [0.2, 0.25) is 11.8 Å². The summed E-state index contributed by atoms with van der Waals surface area (Å²) in [6.07, 6.45) is 1.84. The van der Waals surface area contributed by atoms with Crippen LogP contribution in [0.25, 0.3) is 10.9 Å². The van der Waals surface area contributed by atoms with Crippen LogP contribution in [0.3, 0.4) is 0 Å². The van der Waals surface area contributed by atoms with E-state index in [1.807, 2.05) is 30.5 Å². The van der Waals surface area contributed by atoms with Crippen molar-refractivity contribution in [3.05, 3.63) is 29.8 Å². The number of rotatable bonds is 1. The number of benzene rings is 1. The van der Waals surface area contributed by atoms with Gasteiger partial charge in [0.05, 0.1) is 11.1 Å². The van der Waals surface area contributed by atoms with Gasteiger partial charge >= 0.3 is 0 Å². The third-order valence-corrected chi connectivity index (χ3v) is 3.39. The number of hydrogen-bond acceptors (Lipinski definition) is 3. The van der Waals surface area contributed by atoms with Gasteiger partial charge in [-0.15, -0.1) is 11.8 Å². The number of fused-ring (bicyclic) bond motifs is 1. The fourth-order valence-corrected chi connectivity index (χ4v) is 2.50. The Kier molecular flexibility index (Phi) is 3.29. The highest BCUT2D eigenvalue weighted by Gasteiger charge is 2.18. The molecular weight excluding hydrogens is 248 g/mol. The fourth-order valence-electron chi connectivity index (χ4n) is 1.90. The van der Waals surface area contributed by atoms with Crippen LogP contribution in [0.4, 0.5) is 0 Å². The number of aryl methyl sites for hydroxylation is 1. The maximum atomic E-state index is 10.2. The number of aromatic nitrogens is 1. The van der Waals surface area contributed by atoms with Gasteiger partial charge in [-0.05, 0) is 12.3 Å². The van der Waals surface area contributed by atoms with Crippen molar-refractivity contribution in [2.75, 3.05) is 6.26 Å².